The number of hydrogen-bond acceptors (Lipinski definition) is 7. The van der Waals surface area contributed by atoms with E-state index >= 15 is 0 Å². The Hall–Kier alpha value is -3.73. The molecule has 35 heavy (non-hydrogen) atoms. The van der Waals surface area contributed by atoms with Crippen molar-refractivity contribution in [3.8, 4) is 0 Å². The maximum atomic E-state index is 12.8. The molecule has 3 rings (SSSR count). The number of carbonyl (C=O) groups is 2. The lowest BCUT2D eigenvalue weighted by molar-refractivity contribution is -0.384. The van der Waals surface area contributed by atoms with Crippen LogP contribution in [0.1, 0.15) is 47.2 Å². The molecular formula is C24H28N6O4S. The fraction of sp³-hybridized carbons (Fsp3) is 0.333. The molecule has 1 heterocycles. The van der Waals surface area contributed by atoms with E-state index in [2.05, 4.69) is 20.8 Å². The summed E-state index contributed by atoms with van der Waals surface area (Å²) in [6.45, 7) is 7.61. The van der Waals surface area contributed by atoms with Crippen molar-refractivity contribution < 1.29 is 14.5 Å². The first-order chi connectivity index (χ1) is 16.6. The summed E-state index contributed by atoms with van der Waals surface area (Å²) < 4.78 is 1.77. The van der Waals surface area contributed by atoms with Crippen molar-refractivity contribution >= 4 is 35.0 Å². The van der Waals surface area contributed by atoms with Gasteiger partial charge >= 0.3 is 0 Å². The van der Waals surface area contributed by atoms with Gasteiger partial charge in [0.1, 0.15) is 0 Å². The maximum Gasteiger partial charge on any atom is 0.269 e. The first-order valence-corrected chi connectivity index (χ1v) is 12.0. The number of hydrogen-bond donors (Lipinski definition) is 2. The van der Waals surface area contributed by atoms with Crippen LogP contribution in [0.15, 0.2) is 47.6 Å². The van der Waals surface area contributed by atoms with Crippen LogP contribution in [0.2, 0.25) is 0 Å². The third-order valence-electron chi connectivity index (χ3n) is 5.41. The summed E-state index contributed by atoms with van der Waals surface area (Å²) in [6.07, 6.45) is 0. The van der Waals surface area contributed by atoms with E-state index in [-0.39, 0.29) is 35.2 Å². The van der Waals surface area contributed by atoms with Gasteiger partial charge in [-0.25, -0.2) is 0 Å². The van der Waals surface area contributed by atoms with Crippen molar-refractivity contribution in [2.75, 3.05) is 11.1 Å². The fourth-order valence-electron chi connectivity index (χ4n) is 3.48. The normalized spacial score (nSPS) is 11.8. The van der Waals surface area contributed by atoms with Crippen molar-refractivity contribution in [1.29, 1.82) is 0 Å². The zero-order valence-electron chi connectivity index (χ0n) is 20.2. The van der Waals surface area contributed by atoms with E-state index in [1.54, 1.807) is 24.6 Å². The number of carbonyl (C=O) groups excluding carboxylic acids is 2. The van der Waals surface area contributed by atoms with Crippen LogP contribution in [-0.2, 0) is 11.8 Å². The Kier molecular flexibility index (Phi) is 8.23. The molecule has 11 heteroatoms. The van der Waals surface area contributed by atoms with Gasteiger partial charge in [-0.05, 0) is 43.5 Å². The largest absolute Gasteiger partial charge is 0.342 e. The molecule has 1 atom stereocenters. The predicted molar refractivity (Wildman–Crippen MR) is 134 cm³/mol. The smallest absolute Gasteiger partial charge is 0.269 e. The Bertz CT molecular complexity index is 1260. The monoisotopic (exact) mass is 496 g/mol. The second kappa shape index (κ2) is 11.1. The van der Waals surface area contributed by atoms with Gasteiger partial charge in [-0.15, -0.1) is 10.2 Å². The van der Waals surface area contributed by atoms with E-state index in [1.165, 1.54) is 30.0 Å². The molecule has 2 amide bonds. The van der Waals surface area contributed by atoms with Gasteiger partial charge in [0.25, 0.3) is 11.6 Å². The summed E-state index contributed by atoms with van der Waals surface area (Å²) >= 11 is 1.21. The number of nitro benzene ring substituents is 1. The molecule has 0 aliphatic rings. The molecule has 10 nitrogen and oxygen atoms in total. The number of thioether (sulfide) groups is 1. The third-order valence-corrected chi connectivity index (χ3v) is 6.43. The average Bonchev–Trinajstić information content (AvgIpc) is 3.16. The quantitative estimate of drug-likeness (QED) is 0.258. The van der Waals surface area contributed by atoms with Gasteiger partial charge in [0.15, 0.2) is 11.0 Å². The summed E-state index contributed by atoms with van der Waals surface area (Å²) in [5, 5.41) is 25.7. The number of nitrogens with one attached hydrogen (secondary N) is 2. The zero-order valence-corrected chi connectivity index (χ0v) is 21.0. The molecule has 0 spiro atoms. The lowest BCUT2D eigenvalue weighted by Gasteiger charge is -2.21. The number of benzene rings is 2. The Morgan fingerprint density at radius 3 is 2.51 bits per heavy atom. The first-order valence-electron chi connectivity index (χ1n) is 11.0. The van der Waals surface area contributed by atoms with Crippen LogP contribution in [0.5, 0.6) is 0 Å². The van der Waals surface area contributed by atoms with Crippen LogP contribution in [0.4, 0.5) is 11.4 Å². The van der Waals surface area contributed by atoms with Crippen LogP contribution in [0, 0.1) is 29.9 Å². The Morgan fingerprint density at radius 1 is 1.14 bits per heavy atom. The molecule has 0 bridgehead atoms. The van der Waals surface area contributed by atoms with Crippen molar-refractivity contribution in [2.45, 2.75) is 38.9 Å². The lowest BCUT2D eigenvalue weighted by Crippen LogP contribution is -2.33. The number of rotatable bonds is 9. The standard InChI is InChI=1S/C24H28N6O4S/c1-14(2)21(26-23(32)17-8-6-7-15(3)11-17)22-27-28-24(29(22)5)35-13-20(31)25-19-10-9-18(30(33)34)12-16(19)4/h6-12,14,21H,13H2,1-5H3,(H,25,31)(H,26,32)/t21-/m0/s1. The van der Waals surface area contributed by atoms with Gasteiger partial charge < -0.3 is 15.2 Å². The van der Waals surface area contributed by atoms with Crippen molar-refractivity contribution in [3.05, 3.63) is 75.1 Å². The van der Waals surface area contributed by atoms with Crippen LogP contribution >= 0.6 is 11.8 Å². The van der Waals surface area contributed by atoms with Crippen molar-refractivity contribution in [1.82, 2.24) is 20.1 Å². The van der Waals surface area contributed by atoms with Gasteiger partial charge in [0, 0.05) is 30.4 Å². The maximum absolute atomic E-state index is 12.8. The molecule has 2 N–H and O–H groups in total. The molecular weight excluding hydrogens is 468 g/mol. The van der Waals surface area contributed by atoms with Crippen LogP contribution in [0.25, 0.3) is 0 Å². The minimum atomic E-state index is -0.478. The molecule has 0 aliphatic carbocycles. The highest BCUT2D eigenvalue weighted by Gasteiger charge is 2.25. The number of aryl methyl sites for hydroxylation is 2. The molecule has 0 aliphatic heterocycles. The number of amides is 2. The molecule has 0 saturated heterocycles. The molecule has 0 saturated carbocycles. The van der Waals surface area contributed by atoms with Crippen LogP contribution in [0.3, 0.4) is 0 Å². The summed E-state index contributed by atoms with van der Waals surface area (Å²) in [4.78, 5) is 35.7. The number of anilines is 1. The van der Waals surface area contributed by atoms with Crippen molar-refractivity contribution in [2.24, 2.45) is 13.0 Å². The van der Waals surface area contributed by atoms with Crippen molar-refractivity contribution in [3.63, 3.8) is 0 Å². The minimum absolute atomic E-state index is 0.0318. The molecule has 1 aromatic heterocycles. The van der Waals surface area contributed by atoms with Gasteiger partial charge in [0.2, 0.25) is 5.91 Å². The minimum Gasteiger partial charge on any atom is -0.342 e. The second-order valence-corrected chi connectivity index (χ2v) is 9.50. The molecule has 0 fully saturated rings. The highest BCUT2D eigenvalue weighted by atomic mass is 32.2. The van der Waals surface area contributed by atoms with Crippen LogP contribution < -0.4 is 10.6 Å². The summed E-state index contributed by atoms with van der Waals surface area (Å²) in [7, 11) is 1.80. The highest BCUT2D eigenvalue weighted by molar-refractivity contribution is 7.99. The zero-order chi connectivity index (χ0) is 25.7. The second-order valence-electron chi connectivity index (χ2n) is 8.56. The number of aromatic nitrogens is 3. The predicted octanol–water partition coefficient (Wildman–Crippen LogP) is 4.20. The SMILES string of the molecule is Cc1cccc(C(=O)N[C@H](c2nnc(SCC(=O)Nc3ccc([N+](=O)[O-])cc3C)n2C)C(C)C)c1. The molecule has 0 unspecified atom stereocenters. The van der Waals surface area contributed by atoms with E-state index in [0.29, 0.717) is 27.8 Å². The molecule has 0 radical (unpaired) electrons. The van der Waals surface area contributed by atoms with Gasteiger partial charge in [-0.2, -0.15) is 0 Å². The van der Waals surface area contributed by atoms with Gasteiger partial charge in [0.05, 0.1) is 16.7 Å². The van der Waals surface area contributed by atoms with E-state index < -0.39 is 4.92 Å². The van der Waals surface area contributed by atoms with Gasteiger partial charge in [-0.1, -0.05) is 43.3 Å². The van der Waals surface area contributed by atoms with E-state index in [9.17, 15) is 19.7 Å². The Labute approximate surface area is 207 Å². The molecule has 184 valence electrons. The molecule has 3 aromatic rings. The Balaban J connectivity index is 1.66. The fourth-order valence-corrected chi connectivity index (χ4v) is 4.20. The lowest BCUT2D eigenvalue weighted by atomic mass is 10.0. The van der Waals surface area contributed by atoms with Gasteiger partial charge in [-0.3, -0.25) is 19.7 Å². The topological polar surface area (TPSA) is 132 Å². The average molecular weight is 497 g/mol. The van der Waals surface area contributed by atoms with E-state index in [4.69, 9.17) is 0 Å². The summed E-state index contributed by atoms with van der Waals surface area (Å²) in [6, 6.07) is 11.3. The van der Waals surface area contributed by atoms with E-state index in [1.807, 2.05) is 39.0 Å². The number of nitro groups is 1. The van der Waals surface area contributed by atoms with E-state index in [0.717, 1.165) is 5.56 Å². The van der Waals surface area contributed by atoms with Crippen LogP contribution in [-0.4, -0.2) is 37.3 Å². The molecule has 2 aromatic carbocycles. The summed E-state index contributed by atoms with van der Waals surface area (Å²) in [5.41, 5.74) is 2.65. The number of nitrogens with zero attached hydrogens (tertiary/aromatic N) is 4. The summed E-state index contributed by atoms with van der Waals surface area (Å²) in [5.74, 6) is 0.255. The third kappa shape index (κ3) is 6.44. The Morgan fingerprint density at radius 2 is 1.89 bits per heavy atom. The highest BCUT2D eigenvalue weighted by Crippen LogP contribution is 2.25. The first kappa shape index (κ1) is 25.9. The number of non-ortho nitro benzene ring substituents is 1.